The lowest BCUT2D eigenvalue weighted by molar-refractivity contribution is -0.124. The monoisotopic (exact) mass is 274 g/mol. The lowest BCUT2D eigenvalue weighted by Crippen LogP contribution is -2.43. The van der Waals surface area contributed by atoms with Gasteiger partial charge in [0.05, 0.1) is 0 Å². The highest BCUT2D eigenvalue weighted by Crippen LogP contribution is 2.30. The Balaban J connectivity index is 2.10. The molecule has 0 saturated carbocycles. The molecule has 1 aromatic rings. The number of hydrogen-bond acceptors (Lipinski definition) is 2. The quantitative estimate of drug-likeness (QED) is 0.593. The summed E-state index contributed by atoms with van der Waals surface area (Å²) in [6.45, 7) is 2.18. The zero-order chi connectivity index (χ0) is 14.4. The van der Waals surface area contributed by atoms with Gasteiger partial charge in [0.25, 0.3) is 5.91 Å². The third kappa shape index (κ3) is 3.00. The maximum atomic E-state index is 12.2. The van der Waals surface area contributed by atoms with E-state index < -0.39 is 11.6 Å². The van der Waals surface area contributed by atoms with Crippen LogP contribution in [-0.2, 0) is 10.3 Å². The third-order valence-electron chi connectivity index (χ3n) is 3.86. The first-order valence-corrected chi connectivity index (χ1v) is 7.38. The number of unbranched alkanes of at least 4 members (excludes halogenated alkanes) is 4. The van der Waals surface area contributed by atoms with Crippen molar-refractivity contribution in [2.45, 2.75) is 51.0 Å². The predicted molar refractivity (Wildman–Crippen MR) is 78.2 cm³/mol. The molecule has 1 aliphatic rings. The van der Waals surface area contributed by atoms with E-state index in [4.69, 9.17) is 0 Å². The molecule has 1 heterocycles. The van der Waals surface area contributed by atoms with E-state index in [2.05, 4.69) is 17.6 Å². The Kier molecular flexibility index (Phi) is 4.77. The second-order valence-corrected chi connectivity index (χ2v) is 5.34. The van der Waals surface area contributed by atoms with Crippen molar-refractivity contribution in [1.82, 2.24) is 10.6 Å². The Morgan fingerprint density at radius 2 is 1.70 bits per heavy atom. The molecular formula is C16H22N2O2. The topological polar surface area (TPSA) is 58.2 Å². The Bertz CT molecular complexity index is 473. The molecule has 3 amide bonds. The second kappa shape index (κ2) is 6.55. The molecule has 1 atom stereocenters. The largest absolute Gasteiger partial charge is 0.322 e. The number of urea groups is 1. The van der Waals surface area contributed by atoms with Gasteiger partial charge in [0.1, 0.15) is 5.54 Å². The van der Waals surface area contributed by atoms with Crippen molar-refractivity contribution < 1.29 is 9.59 Å². The smallest absolute Gasteiger partial charge is 0.319 e. The maximum absolute atomic E-state index is 12.2. The van der Waals surface area contributed by atoms with E-state index in [1.807, 2.05) is 30.3 Å². The summed E-state index contributed by atoms with van der Waals surface area (Å²) in [5.41, 5.74) is -0.0243. The van der Waals surface area contributed by atoms with Crippen molar-refractivity contribution in [2.24, 2.45) is 0 Å². The summed E-state index contributed by atoms with van der Waals surface area (Å²) in [4.78, 5) is 23.8. The van der Waals surface area contributed by atoms with Gasteiger partial charge < -0.3 is 5.32 Å². The molecule has 0 unspecified atom stereocenters. The van der Waals surface area contributed by atoms with Crippen molar-refractivity contribution in [3.63, 3.8) is 0 Å². The Labute approximate surface area is 119 Å². The molecule has 108 valence electrons. The molecular weight excluding hydrogens is 252 g/mol. The van der Waals surface area contributed by atoms with Crippen LogP contribution in [0.3, 0.4) is 0 Å². The zero-order valence-electron chi connectivity index (χ0n) is 11.9. The fraction of sp³-hybridized carbons (Fsp3) is 0.500. The molecule has 2 N–H and O–H groups in total. The lowest BCUT2D eigenvalue weighted by Gasteiger charge is -2.26. The molecule has 0 aromatic heterocycles. The van der Waals surface area contributed by atoms with Gasteiger partial charge in [-0.2, -0.15) is 0 Å². The van der Waals surface area contributed by atoms with Crippen molar-refractivity contribution >= 4 is 11.9 Å². The van der Waals surface area contributed by atoms with Crippen molar-refractivity contribution in [1.29, 1.82) is 0 Å². The highest BCUT2D eigenvalue weighted by Gasteiger charge is 2.46. The average molecular weight is 274 g/mol. The minimum atomic E-state index is -0.884. The minimum Gasteiger partial charge on any atom is -0.319 e. The van der Waals surface area contributed by atoms with Crippen LogP contribution in [0.4, 0.5) is 4.79 Å². The molecule has 1 fully saturated rings. The molecule has 1 aliphatic heterocycles. The first-order chi connectivity index (χ1) is 9.69. The Morgan fingerprint density at radius 1 is 1.00 bits per heavy atom. The molecule has 4 heteroatoms. The number of nitrogens with one attached hydrogen (secondary N) is 2. The SMILES string of the molecule is CCCCCCC[C@]1(c2ccccc2)NC(=O)NC1=O. The van der Waals surface area contributed by atoms with Gasteiger partial charge in [0.2, 0.25) is 0 Å². The van der Waals surface area contributed by atoms with Crippen LogP contribution in [-0.4, -0.2) is 11.9 Å². The standard InChI is InChI=1S/C16H22N2O2/c1-2-3-4-5-9-12-16(13-10-7-6-8-11-13)14(19)17-15(20)18-16/h6-8,10-11H,2-5,9,12H2,1H3,(H2,17,18,19,20)/t16-/m1/s1. The lowest BCUT2D eigenvalue weighted by atomic mass is 9.84. The molecule has 0 aliphatic carbocycles. The summed E-state index contributed by atoms with van der Waals surface area (Å²) in [7, 11) is 0. The average Bonchev–Trinajstić information content (AvgIpc) is 2.75. The number of amides is 3. The van der Waals surface area contributed by atoms with Gasteiger partial charge in [-0.3, -0.25) is 10.1 Å². The van der Waals surface area contributed by atoms with Crippen molar-refractivity contribution in [3.8, 4) is 0 Å². The molecule has 0 radical (unpaired) electrons. The number of imide groups is 1. The molecule has 4 nitrogen and oxygen atoms in total. The van der Waals surface area contributed by atoms with Gasteiger partial charge >= 0.3 is 6.03 Å². The predicted octanol–water partition coefficient (Wildman–Crippen LogP) is 3.08. The summed E-state index contributed by atoms with van der Waals surface area (Å²) in [5.74, 6) is -0.232. The van der Waals surface area contributed by atoms with Crippen LogP contribution in [0.1, 0.15) is 51.0 Å². The normalized spacial score (nSPS) is 21.6. The van der Waals surface area contributed by atoms with Crippen LogP contribution < -0.4 is 10.6 Å². The van der Waals surface area contributed by atoms with Gasteiger partial charge in [0.15, 0.2) is 0 Å². The highest BCUT2D eigenvalue weighted by atomic mass is 16.2. The maximum Gasteiger partial charge on any atom is 0.322 e. The highest BCUT2D eigenvalue weighted by molar-refractivity contribution is 6.07. The first-order valence-electron chi connectivity index (χ1n) is 7.38. The van der Waals surface area contributed by atoms with Crippen LogP contribution in [0.25, 0.3) is 0 Å². The molecule has 20 heavy (non-hydrogen) atoms. The summed E-state index contributed by atoms with van der Waals surface area (Å²) >= 11 is 0. The van der Waals surface area contributed by atoms with E-state index >= 15 is 0 Å². The first kappa shape index (κ1) is 14.6. The molecule has 0 spiro atoms. The summed E-state index contributed by atoms with van der Waals surface area (Å²) in [5, 5.41) is 5.19. The van der Waals surface area contributed by atoms with Crippen LogP contribution in [0.2, 0.25) is 0 Å². The number of hydrogen-bond donors (Lipinski definition) is 2. The van der Waals surface area contributed by atoms with E-state index in [9.17, 15) is 9.59 Å². The second-order valence-electron chi connectivity index (χ2n) is 5.34. The molecule has 0 bridgehead atoms. The third-order valence-corrected chi connectivity index (χ3v) is 3.86. The minimum absolute atomic E-state index is 0.232. The van der Waals surface area contributed by atoms with Crippen LogP contribution >= 0.6 is 0 Å². The van der Waals surface area contributed by atoms with E-state index in [0.717, 1.165) is 18.4 Å². The van der Waals surface area contributed by atoms with Crippen LogP contribution in [0.15, 0.2) is 30.3 Å². The van der Waals surface area contributed by atoms with Gasteiger partial charge in [-0.1, -0.05) is 69.4 Å². The summed E-state index contributed by atoms with van der Waals surface area (Å²) in [6, 6.07) is 9.10. The number of rotatable bonds is 7. The van der Waals surface area contributed by atoms with E-state index in [0.29, 0.717) is 6.42 Å². The molecule has 1 aromatic carbocycles. The van der Waals surface area contributed by atoms with Gasteiger partial charge in [0, 0.05) is 0 Å². The molecule has 1 saturated heterocycles. The number of carbonyl (C=O) groups excluding carboxylic acids is 2. The summed E-state index contributed by atoms with van der Waals surface area (Å²) in [6.07, 6.45) is 6.27. The van der Waals surface area contributed by atoms with E-state index in [1.165, 1.54) is 19.3 Å². The number of carbonyl (C=O) groups is 2. The van der Waals surface area contributed by atoms with E-state index in [-0.39, 0.29) is 5.91 Å². The van der Waals surface area contributed by atoms with Crippen LogP contribution in [0.5, 0.6) is 0 Å². The zero-order valence-corrected chi connectivity index (χ0v) is 11.9. The Hall–Kier alpha value is -1.84. The van der Waals surface area contributed by atoms with Crippen molar-refractivity contribution in [3.05, 3.63) is 35.9 Å². The van der Waals surface area contributed by atoms with Gasteiger partial charge in [-0.05, 0) is 12.0 Å². The summed E-state index contributed by atoms with van der Waals surface area (Å²) < 4.78 is 0. The van der Waals surface area contributed by atoms with Gasteiger partial charge in [-0.15, -0.1) is 0 Å². The number of benzene rings is 1. The van der Waals surface area contributed by atoms with Crippen LogP contribution in [0, 0.1) is 0 Å². The fourth-order valence-corrected chi connectivity index (χ4v) is 2.73. The molecule has 2 rings (SSSR count). The Morgan fingerprint density at radius 3 is 2.30 bits per heavy atom. The van der Waals surface area contributed by atoms with Gasteiger partial charge in [-0.25, -0.2) is 4.79 Å². The fourth-order valence-electron chi connectivity index (χ4n) is 2.73. The van der Waals surface area contributed by atoms with E-state index in [1.54, 1.807) is 0 Å². The van der Waals surface area contributed by atoms with Crippen molar-refractivity contribution in [2.75, 3.05) is 0 Å².